The van der Waals surface area contributed by atoms with Gasteiger partial charge in [0.1, 0.15) is 11.4 Å². The van der Waals surface area contributed by atoms with Gasteiger partial charge in [0.05, 0.1) is 26.5 Å². The van der Waals surface area contributed by atoms with Crippen LogP contribution >= 0.6 is 0 Å². The van der Waals surface area contributed by atoms with Gasteiger partial charge in [0.15, 0.2) is 0 Å². The molecule has 3 rings (SSSR count). The van der Waals surface area contributed by atoms with E-state index in [0.717, 1.165) is 37.0 Å². The number of benzene rings is 1. The molecule has 2 aromatic rings. The average Bonchev–Trinajstić information content (AvgIpc) is 2.94. The predicted octanol–water partition coefficient (Wildman–Crippen LogP) is 3.64. The number of anilines is 1. The molecule has 1 aromatic heterocycles. The third kappa shape index (κ3) is 4.04. The predicted molar refractivity (Wildman–Crippen MR) is 98.5 cm³/mol. The van der Waals surface area contributed by atoms with Crippen molar-refractivity contribution in [2.45, 2.75) is 31.7 Å². The molecule has 1 aliphatic rings. The summed E-state index contributed by atoms with van der Waals surface area (Å²) in [4.78, 5) is 14.9. The molecule has 0 aliphatic carbocycles. The number of carbonyl (C=O) groups excluding carboxylic acids is 1. The molecule has 2 amide bonds. The Kier molecular flexibility index (Phi) is 5.88. The highest BCUT2D eigenvalue weighted by Crippen LogP contribution is 2.32. The standard InChI is InChI=1S/C19H24N4O3/c1-25-15-9-7-14(8-10-15)17-6-4-3-5-13-23(17)19(24)21-16-11-12-20-22-18(16)26-2/h7-12,17H,3-6,13H2,1-2H3,(H,20,21,24). The van der Waals surface area contributed by atoms with Gasteiger partial charge in [0.2, 0.25) is 0 Å². The number of carbonyl (C=O) groups is 1. The summed E-state index contributed by atoms with van der Waals surface area (Å²) in [7, 11) is 3.16. The Morgan fingerprint density at radius 3 is 2.65 bits per heavy atom. The SMILES string of the molecule is COc1ccc(C2CCCCCN2C(=O)Nc2ccnnc2OC)cc1. The summed E-state index contributed by atoms with van der Waals surface area (Å²) in [6, 6.07) is 9.50. The molecule has 2 heterocycles. The number of urea groups is 1. The average molecular weight is 356 g/mol. The van der Waals surface area contributed by atoms with Crippen molar-refractivity contribution in [3.63, 3.8) is 0 Å². The molecule has 26 heavy (non-hydrogen) atoms. The molecule has 1 atom stereocenters. The normalized spacial score (nSPS) is 17.3. The summed E-state index contributed by atoms with van der Waals surface area (Å²) < 4.78 is 10.4. The van der Waals surface area contributed by atoms with Crippen molar-refractivity contribution in [3.05, 3.63) is 42.1 Å². The van der Waals surface area contributed by atoms with Gasteiger partial charge in [-0.3, -0.25) is 0 Å². The Hall–Kier alpha value is -2.83. The number of ether oxygens (including phenoxy) is 2. The van der Waals surface area contributed by atoms with Gasteiger partial charge in [-0.2, -0.15) is 5.10 Å². The van der Waals surface area contributed by atoms with Crippen LogP contribution in [0.3, 0.4) is 0 Å². The first-order chi connectivity index (χ1) is 12.7. The molecule has 0 radical (unpaired) electrons. The second-order valence-corrected chi connectivity index (χ2v) is 6.22. The molecule has 1 aromatic carbocycles. The van der Waals surface area contributed by atoms with Gasteiger partial charge < -0.3 is 19.7 Å². The Morgan fingerprint density at radius 2 is 1.92 bits per heavy atom. The number of methoxy groups -OCH3 is 2. The highest BCUT2D eigenvalue weighted by atomic mass is 16.5. The van der Waals surface area contributed by atoms with Crippen LogP contribution < -0.4 is 14.8 Å². The summed E-state index contributed by atoms with van der Waals surface area (Å²) >= 11 is 0. The molecule has 1 aliphatic heterocycles. The van der Waals surface area contributed by atoms with Crippen LogP contribution in [0.25, 0.3) is 0 Å². The lowest BCUT2D eigenvalue weighted by molar-refractivity contribution is 0.189. The van der Waals surface area contributed by atoms with E-state index in [1.165, 1.54) is 13.3 Å². The monoisotopic (exact) mass is 356 g/mol. The van der Waals surface area contributed by atoms with Crippen molar-refractivity contribution in [1.29, 1.82) is 0 Å². The van der Waals surface area contributed by atoms with Crippen molar-refractivity contribution in [1.82, 2.24) is 15.1 Å². The molecule has 7 heteroatoms. The lowest BCUT2D eigenvalue weighted by Crippen LogP contribution is -2.38. The Morgan fingerprint density at radius 1 is 1.12 bits per heavy atom. The van der Waals surface area contributed by atoms with Crippen LogP contribution in [0.5, 0.6) is 11.6 Å². The molecular formula is C19H24N4O3. The summed E-state index contributed by atoms with van der Waals surface area (Å²) in [5.74, 6) is 1.11. The van der Waals surface area contributed by atoms with Crippen LogP contribution in [0.1, 0.15) is 37.3 Å². The number of hydrogen-bond acceptors (Lipinski definition) is 5. The second-order valence-electron chi connectivity index (χ2n) is 6.22. The number of nitrogens with zero attached hydrogens (tertiary/aromatic N) is 3. The van der Waals surface area contributed by atoms with Gasteiger partial charge in [0.25, 0.3) is 5.88 Å². The summed E-state index contributed by atoms with van der Waals surface area (Å²) in [5.41, 5.74) is 1.63. The molecule has 0 bridgehead atoms. The van der Waals surface area contributed by atoms with Crippen LogP contribution in [-0.2, 0) is 0 Å². The van der Waals surface area contributed by atoms with Crippen LogP contribution in [0.15, 0.2) is 36.5 Å². The summed E-state index contributed by atoms with van der Waals surface area (Å²) in [6.07, 6.45) is 5.68. The lowest BCUT2D eigenvalue weighted by Gasteiger charge is -2.30. The van der Waals surface area contributed by atoms with Gasteiger partial charge in [-0.25, -0.2) is 4.79 Å². The largest absolute Gasteiger partial charge is 0.497 e. The molecule has 138 valence electrons. The Labute approximate surface area is 153 Å². The minimum absolute atomic E-state index is 0.0317. The fraction of sp³-hybridized carbons (Fsp3) is 0.421. The lowest BCUT2D eigenvalue weighted by atomic mass is 10.0. The summed E-state index contributed by atoms with van der Waals surface area (Å²) in [6.45, 7) is 0.712. The molecule has 1 N–H and O–H groups in total. The fourth-order valence-electron chi connectivity index (χ4n) is 3.28. The summed E-state index contributed by atoms with van der Waals surface area (Å²) in [5, 5.41) is 10.6. The third-order valence-electron chi connectivity index (χ3n) is 4.64. The number of likely N-dealkylation sites (tertiary alicyclic amines) is 1. The smallest absolute Gasteiger partial charge is 0.322 e. The first kappa shape index (κ1) is 18.0. The number of rotatable bonds is 4. The van der Waals surface area contributed by atoms with E-state index in [1.54, 1.807) is 13.2 Å². The number of nitrogens with one attached hydrogen (secondary N) is 1. The van der Waals surface area contributed by atoms with Crippen LogP contribution in [0.2, 0.25) is 0 Å². The highest BCUT2D eigenvalue weighted by Gasteiger charge is 2.27. The maximum Gasteiger partial charge on any atom is 0.322 e. The number of hydrogen-bond donors (Lipinski definition) is 1. The van der Waals surface area contributed by atoms with Crippen molar-refractivity contribution in [3.8, 4) is 11.6 Å². The first-order valence-electron chi connectivity index (χ1n) is 8.80. The van der Waals surface area contributed by atoms with Crippen molar-refractivity contribution >= 4 is 11.7 Å². The van der Waals surface area contributed by atoms with E-state index in [4.69, 9.17) is 9.47 Å². The van der Waals surface area contributed by atoms with E-state index in [9.17, 15) is 4.79 Å². The molecule has 0 spiro atoms. The van der Waals surface area contributed by atoms with E-state index in [0.29, 0.717) is 18.1 Å². The highest BCUT2D eigenvalue weighted by molar-refractivity contribution is 5.90. The maximum absolute atomic E-state index is 13.0. The maximum atomic E-state index is 13.0. The minimum Gasteiger partial charge on any atom is -0.497 e. The number of aromatic nitrogens is 2. The molecular weight excluding hydrogens is 332 g/mol. The van der Waals surface area contributed by atoms with E-state index >= 15 is 0 Å². The Balaban J connectivity index is 1.82. The molecule has 1 saturated heterocycles. The van der Waals surface area contributed by atoms with Crippen molar-refractivity contribution < 1.29 is 14.3 Å². The van der Waals surface area contributed by atoms with Crippen molar-refractivity contribution in [2.24, 2.45) is 0 Å². The van der Waals surface area contributed by atoms with E-state index in [1.807, 2.05) is 29.2 Å². The van der Waals surface area contributed by atoms with Gasteiger partial charge in [-0.1, -0.05) is 25.0 Å². The Bertz CT molecular complexity index is 736. The topological polar surface area (TPSA) is 76.6 Å². The zero-order chi connectivity index (χ0) is 18.4. The fourth-order valence-corrected chi connectivity index (χ4v) is 3.28. The van der Waals surface area contributed by atoms with Crippen LogP contribution in [0.4, 0.5) is 10.5 Å². The van der Waals surface area contributed by atoms with Crippen LogP contribution in [0, 0.1) is 0 Å². The van der Waals surface area contributed by atoms with E-state index in [-0.39, 0.29) is 12.1 Å². The van der Waals surface area contributed by atoms with Crippen LogP contribution in [-0.4, -0.2) is 41.9 Å². The molecule has 0 saturated carbocycles. The van der Waals surface area contributed by atoms with Gasteiger partial charge in [0, 0.05) is 6.54 Å². The zero-order valence-electron chi connectivity index (χ0n) is 15.1. The van der Waals surface area contributed by atoms with Gasteiger partial charge in [-0.05, 0) is 36.6 Å². The van der Waals surface area contributed by atoms with Crippen molar-refractivity contribution in [2.75, 3.05) is 26.1 Å². The molecule has 1 fully saturated rings. The molecule has 7 nitrogen and oxygen atoms in total. The first-order valence-corrected chi connectivity index (χ1v) is 8.80. The zero-order valence-corrected chi connectivity index (χ0v) is 15.1. The second kappa shape index (κ2) is 8.51. The third-order valence-corrected chi connectivity index (χ3v) is 4.64. The molecule has 1 unspecified atom stereocenters. The van der Waals surface area contributed by atoms with Gasteiger partial charge in [-0.15, -0.1) is 5.10 Å². The quantitative estimate of drug-likeness (QED) is 0.905. The van der Waals surface area contributed by atoms with E-state index in [2.05, 4.69) is 15.5 Å². The van der Waals surface area contributed by atoms with Gasteiger partial charge >= 0.3 is 6.03 Å². The number of amides is 2. The van der Waals surface area contributed by atoms with E-state index < -0.39 is 0 Å². The minimum atomic E-state index is -0.154.